The van der Waals surface area contributed by atoms with Gasteiger partial charge in [0.2, 0.25) is 5.91 Å². The van der Waals surface area contributed by atoms with Crippen LogP contribution < -0.4 is 5.32 Å². The van der Waals surface area contributed by atoms with Crippen LogP contribution in [0.5, 0.6) is 0 Å². The molecule has 2 rings (SSSR count). The lowest BCUT2D eigenvalue weighted by molar-refractivity contribution is -0.137. The predicted octanol–water partition coefficient (Wildman–Crippen LogP) is 4.72. The van der Waals surface area contributed by atoms with Gasteiger partial charge in [-0.25, -0.2) is 4.98 Å². The number of amides is 1. The summed E-state index contributed by atoms with van der Waals surface area (Å²) in [7, 11) is 0. The molecule has 1 heterocycles. The normalized spacial score (nSPS) is 11.3. The number of alkyl halides is 3. The van der Waals surface area contributed by atoms with Crippen LogP contribution in [0.25, 0.3) is 0 Å². The fourth-order valence-corrected chi connectivity index (χ4v) is 2.07. The van der Waals surface area contributed by atoms with Crippen molar-refractivity contribution in [2.45, 2.75) is 25.4 Å². The summed E-state index contributed by atoms with van der Waals surface area (Å²) in [5, 5.41) is 3.13. The fourth-order valence-electron chi connectivity index (χ4n) is 1.94. The van der Waals surface area contributed by atoms with Crippen molar-refractivity contribution in [2.75, 3.05) is 5.32 Å². The summed E-state index contributed by atoms with van der Waals surface area (Å²) in [4.78, 5) is 15.3. The molecule has 0 saturated carbocycles. The summed E-state index contributed by atoms with van der Waals surface area (Å²) in [6.45, 7) is 0. The Bertz CT molecular complexity index is 655. The predicted molar refractivity (Wildman–Crippen MR) is 82.3 cm³/mol. The number of hydrogen-bond donors (Lipinski definition) is 1. The van der Waals surface area contributed by atoms with Crippen molar-refractivity contribution >= 4 is 23.3 Å². The quantitative estimate of drug-likeness (QED) is 0.854. The van der Waals surface area contributed by atoms with Crippen LogP contribution in [0, 0.1) is 0 Å². The molecule has 1 N–H and O–H groups in total. The van der Waals surface area contributed by atoms with Gasteiger partial charge in [-0.3, -0.25) is 4.79 Å². The Morgan fingerprint density at radius 3 is 2.39 bits per heavy atom. The molecule has 0 atom stereocenters. The number of nitrogens with one attached hydrogen (secondary N) is 1. The van der Waals surface area contributed by atoms with Crippen LogP contribution >= 0.6 is 11.6 Å². The number of rotatable bonds is 5. The van der Waals surface area contributed by atoms with Crippen LogP contribution in [0.1, 0.15) is 24.0 Å². The van der Waals surface area contributed by atoms with E-state index in [-0.39, 0.29) is 18.1 Å². The Kier molecular flexibility index (Phi) is 5.60. The zero-order valence-electron chi connectivity index (χ0n) is 12.0. The highest BCUT2D eigenvalue weighted by molar-refractivity contribution is 6.30. The molecule has 0 radical (unpaired) electrons. The van der Waals surface area contributed by atoms with E-state index in [0.29, 0.717) is 24.1 Å². The van der Waals surface area contributed by atoms with Crippen LogP contribution in [-0.4, -0.2) is 10.9 Å². The number of carbonyl (C=O) groups excluding carboxylic acids is 1. The third-order valence-corrected chi connectivity index (χ3v) is 3.39. The first kappa shape index (κ1) is 17.3. The van der Waals surface area contributed by atoms with E-state index in [1.165, 1.54) is 0 Å². The smallest absolute Gasteiger partial charge is 0.311 e. The number of anilines is 1. The first-order chi connectivity index (χ1) is 10.8. The summed E-state index contributed by atoms with van der Waals surface area (Å²) in [6.07, 6.45) is -2.15. The van der Waals surface area contributed by atoms with Crippen molar-refractivity contribution < 1.29 is 18.0 Å². The molecule has 0 saturated heterocycles. The number of aryl methyl sites for hydroxylation is 1. The van der Waals surface area contributed by atoms with Gasteiger partial charge in [0.1, 0.15) is 5.82 Å². The molecule has 0 fully saturated rings. The van der Waals surface area contributed by atoms with E-state index in [2.05, 4.69) is 10.3 Å². The van der Waals surface area contributed by atoms with Gasteiger partial charge in [0, 0.05) is 17.6 Å². The topological polar surface area (TPSA) is 42.0 Å². The average molecular weight is 343 g/mol. The third-order valence-electron chi connectivity index (χ3n) is 3.14. The van der Waals surface area contributed by atoms with Gasteiger partial charge in [0.15, 0.2) is 0 Å². The van der Waals surface area contributed by atoms with Gasteiger partial charge < -0.3 is 5.32 Å². The van der Waals surface area contributed by atoms with Crippen LogP contribution in [0.3, 0.4) is 0 Å². The second kappa shape index (κ2) is 7.46. The Hall–Kier alpha value is -2.08. The minimum absolute atomic E-state index is 0.106. The lowest BCUT2D eigenvalue weighted by Crippen LogP contribution is -2.13. The largest absolute Gasteiger partial charge is 0.417 e. The second-order valence-corrected chi connectivity index (χ2v) is 5.39. The molecule has 0 spiro atoms. The molecule has 0 unspecified atom stereocenters. The number of nitrogens with zero attached hydrogens (tertiary/aromatic N) is 1. The van der Waals surface area contributed by atoms with E-state index in [0.717, 1.165) is 17.7 Å². The molecule has 0 aliphatic carbocycles. The van der Waals surface area contributed by atoms with Gasteiger partial charge in [-0.2, -0.15) is 13.2 Å². The van der Waals surface area contributed by atoms with Crippen LogP contribution in [-0.2, 0) is 17.4 Å². The van der Waals surface area contributed by atoms with Crippen molar-refractivity contribution in [1.29, 1.82) is 0 Å². The Labute approximate surface area is 136 Å². The molecule has 23 heavy (non-hydrogen) atoms. The minimum atomic E-state index is -4.44. The number of aromatic nitrogens is 1. The average Bonchev–Trinajstić information content (AvgIpc) is 2.49. The molecular formula is C16H14ClF3N2O. The minimum Gasteiger partial charge on any atom is -0.311 e. The lowest BCUT2D eigenvalue weighted by atomic mass is 10.1. The number of halogens is 4. The summed E-state index contributed by atoms with van der Waals surface area (Å²) >= 11 is 5.78. The van der Waals surface area contributed by atoms with Crippen molar-refractivity contribution in [1.82, 2.24) is 4.98 Å². The van der Waals surface area contributed by atoms with Crippen LogP contribution in [0.15, 0.2) is 42.6 Å². The van der Waals surface area contributed by atoms with Gasteiger partial charge >= 0.3 is 6.18 Å². The van der Waals surface area contributed by atoms with Gasteiger partial charge in [0.05, 0.1) is 5.56 Å². The first-order valence-electron chi connectivity index (χ1n) is 6.92. The maximum absolute atomic E-state index is 12.4. The second-order valence-electron chi connectivity index (χ2n) is 4.96. The first-order valence-corrected chi connectivity index (χ1v) is 7.30. The summed E-state index contributed by atoms with van der Waals surface area (Å²) in [6, 6.07) is 9.36. The van der Waals surface area contributed by atoms with Gasteiger partial charge in [-0.15, -0.1) is 0 Å². The molecule has 0 bridgehead atoms. The molecule has 0 aliphatic heterocycles. The van der Waals surface area contributed by atoms with Crippen molar-refractivity contribution in [3.8, 4) is 0 Å². The van der Waals surface area contributed by atoms with E-state index in [1.54, 1.807) is 12.1 Å². The van der Waals surface area contributed by atoms with Gasteiger partial charge in [-0.05, 0) is 42.7 Å². The molecule has 2 aromatic rings. The van der Waals surface area contributed by atoms with Crippen LogP contribution in [0.4, 0.5) is 19.0 Å². The lowest BCUT2D eigenvalue weighted by Gasteiger charge is -2.08. The highest BCUT2D eigenvalue weighted by Gasteiger charge is 2.30. The summed E-state index contributed by atoms with van der Waals surface area (Å²) in [5.41, 5.74) is 0.216. The van der Waals surface area contributed by atoms with Crippen molar-refractivity contribution in [2.24, 2.45) is 0 Å². The molecule has 1 amide bonds. The van der Waals surface area contributed by atoms with E-state index < -0.39 is 11.7 Å². The maximum Gasteiger partial charge on any atom is 0.417 e. The van der Waals surface area contributed by atoms with Crippen molar-refractivity contribution in [3.05, 3.63) is 58.7 Å². The molecule has 122 valence electrons. The molecule has 7 heteroatoms. The van der Waals surface area contributed by atoms with Gasteiger partial charge in [-0.1, -0.05) is 23.7 Å². The molecule has 3 nitrogen and oxygen atoms in total. The Morgan fingerprint density at radius 1 is 1.13 bits per heavy atom. The van der Waals surface area contributed by atoms with E-state index in [9.17, 15) is 18.0 Å². The molecular weight excluding hydrogens is 329 g/mol. The van der Waals surface area contributed by atoms with Crippen LogP contribution in [0.2, 0.25) is 5.02 Å². The monoisotopic (exact) mass is 342 g/mol. The van der Waals surface area contributed by atoms with E-state index >= 15 is 0 Å². The van der Waals surface area contributed by atoms with Crippen molar-refractivity contribution in [3.63, 3.8) is 0 Å². The molecule has 1 aromatic heterocycles. The molecule has 1 aromatic carbocycles. The van der Waals surface area contributed by atoms with E-state index in [1.807, 2.05) is 12.1 Å². The fraction of sp³-hybridized carbons (Fsp3) is 0.250. The summed E-state index contributed by atoms with van der Waals surface area (Å²) in [5.74, 6) is -0.180. The molecule has 0 aliphatic rings. The number of benzene rings is 1. The standard InChI is InChI=1S/C16H14ClF3N2O/c17-13-7-4-11(5-8-13)2-1-3-15(23)22-14-9-6-12(10-21-14)16(18,19)20/h4-10H,1-3H2,(H,21,22,23). The number of pyridine rings is 1. The Morgan fingerprint density at radius 2 is 1.83 bits per heavy atom. The van der Waals surface area contributed by atoms with Gasteiger partial charge in [0.25, 0.3) is 0 Å². The number of hydrogen-bond acceptors (Lipinski definition) is 2. The Balaban J connectivity index is 1.79. The highest BCUT2D eigenvalue weighted by Crippen LogP contribution is 2.28. The number of carbonyl (C=O) groups is 1. The highest BCUT2D eigenvalue weighted by atomic mass is 35.5. The zero-order valence-corrected chi connectivity index (χ0v) is 12.8. The van der Waals surface area contributed by atoms with E-state index in [4.69, 9.17) is 11.6 Å². The zero-order chi connectivity index (χ0) is 16.9. The summed E-state index contributed by atoms with van der Waals surface area (Å²) < 4.78 is 37.2. The third kappa shape index (κ3) is 5.56. The maximum atomic E-state index is 12.4. The SMILES string of the molecule is O=C(CCCc1ccc(Cl)cc1)Nc1ccc(C(F)(F)F)cn1.